The van der Waals surface area contributed by atoms with E-state index in [1.807, 2.05) is 62.4 Å². The molecule has 180 valence electrons. The molecule has 2 aliphatic rings. The number of urea groups is 1. The third kappa shape index (κ3) is 4.41. The van der Waals surface area contributed by atoms with Gasteiger partial charge in [-0.15, -0.1) is 5.10 Å². The van der Waals surface area contributed by atoms with Crippen LogP contribution in [0.1, 0.15) is 35.6 Å². The number of ether oxygens (including phenoxy) is 1. The maximum Gasteiger partial charge on any atom is 0.338 e. The zero-order valence-corrected chi connectivity index (χ0v) is 20.6. The highest BCUT2D eigenvalue weighted by Gasteiger charge is 2.44. The van der Waals surface area contributed by atoms with E-state index in [0.29, 0.717) is 22.2 Å². The van der Waals surface area contributed by atoms with Crippen LogP contribution in [-0.4, -0.2) is 56.0 Å². The lowest BCUT2D eigenvalue weighted by atomic mass is 9.95. The van der Waals surface area contributed by atoms with Crippen LogP contribution < -0.4 is 5.32 Å². The van der Waals surface area contributed by atoms with E-state index in [0.717, 1.165) is 35.2 Å². The van der Waals surface area contributed by atoms with Crippen molar-refractivity contribution in [2.75, 3.05) is 12.9 Å². The number of nitrogens with zero attached hydrogens (tertiary/aromatic N) is 5. The molecule has 2 amide bonds. The van der Waals surface area contributed by atoms with Crippen molar-refractivity contribution < 1.29 is 14.3 Å². The van der Waals surface area contributed by atoms with Gasteiger partial charge in [0, 0.05) is 17.5 Å². The van der Waals surface area contributed by atoms with Crippen molar-refractivity contribution in [3.8, 4) is 5.69 Å². The van der Waals surface area contributed by atoms with Gasteiger partial charge in [0.05, 0.1) is 24.4 Å². The number of hydrogen-bond acceptors (Lipinski definition) is 7. The molecule has 0 radical (unpaired) electrons. The summed E-state index contributed by atoms with van der Waals surface area (Å²) in [6.07, 6.45) is 1.79. The quantitative estimate of drug-likeness (QED) is 0.398. The highest BCUT2D eigenvalue weighted by atomic mass is 32.2. The lowest BCUT2D eigenvalue weighted by Gasteiger charge is -2.36. The molecule has 9 nitrogen and oxygen atoms in total. The third-order valence-electron chi connectivity index (χ3n) is 6.26. The monoisotopic (exact) mass is 490 g/mol. The van der Waals surface area contributed by atoms with Crippen molar-refractivity contribution in [2.45, 2.75) is 43.9 Å². The number of amides is 2. The van der Waals surface area contributed by atoms with Gasteiger partial charge in [0.1, 0.15) is 0 Å². The van der Waals surface area contributed by atoms with Crippen molar-refractivity contribution in [1.82, 2.24) is 30.4 Å². The van der Waals surface area contributed by atoms with E-state index in [2.05, 4.69) is 20.8 Å². The zero-order valence-electron chi connectivity index (χ0n) is 19.8. The van der Waals surface area contributed by atoms with E-state index in [-0.39, 0.29) is 12.1 Å². The molecule has 1 unspecified atom stereocenters. The van der Waals surface area contributed by atoms with Crippen LogP contribution in [0.3, 0.4) is 0 Å². The second kappa shape index (κ2) is 9.53. The third-order valence-corrected chi connectivity index (χ3v) is 7.19. The van der Waals surface area contributed by atoms with Gasteiger partial charge >= 0.3 is 12.0 Å². The first-order valence-electron chi connectivity index (χ1n) is 11.4. The Morgan fingerprint density at radius 3 is 2.49 bits per heavy atom. The number of nitrogens with one attached hydrogen (secondary N) is 1. The average molecular weight is 491 g/mol. The predicted octanol–water partition coefficient (Wildman–Crippen LogP) is 3.73. The van der Waals surface area contributed by atoms with Crippen LogP contribution in [0.2, 0.25) is 0 Å². The first-order chi connectivity index (χ1) is 17.0. The number of aryl methyl sites for hydroxylation is 2. The summed E-state index contributed by atoms with van der Waals surface area (Å²) in [7, 11) is 1.36. The number of methoxy groups -OCH3 is 1. The van der Waals surface area contributed by atoms with Crippen molar-refractivity contribution >= 4 is 23.8 Å². The Morgan fingerprint density at radius 1 is 1.11 bits per heavy atom. The number of benzene rings is 2. The molecule has 1 fully saturated rings. The van der Waals surface area contributed by atoms with E-state index in [9.17, 15) is 9.59 Å². The highest BCUT2D eigenvalue weighted by Crippen LogP contribution is 2.40. The number of hydrogen-bond donors (Lipinski definition) is 1. The van der Waals surface area contributed by atoms with Crippen LogP contribution in [0.25, 0.3) is 5.69 Å². The summed E-state index contributed by atoms with van der Waals surface area (Å²) in [6.45, 7) is 4.03. The van der Waals surface area contributed by atoms with E-state index >= 15 is 0 Å². The molecule has 1 atom stereocenters. The minimum atomic E-state index is -0.601. The number of rotatable bonds is 7. The minimum Gasteiger partial charge on any atom is -0.466 e. The molecular weight excluding hydrogens is 464 g/mol. The summed E-state index contributed by atoms with van der Waals surface area (Å²) in [5, 5.41) is 16.0. The highest BCUT2D eigenvalue weighted by molar-refractivity contribution is 7.99. The molecule has 5 rings (SSSR count). The Hall–Kier alpha value is -3.66. The fraction of sp³-hybridized carbons (Fsp3) is 0.320. The standard InChI is InChI=1S/C25H26N6O3S/c1-15-8-7-9-16(2)22(15)31-25(27-28-29-31)35-14-19-20(23(32)34-3)21(17-10-5-4-6-11-17)26-24(33)30(19)18-12-13-18/h4-11,18,21H,12-14H2,1-3H3,(H,26,33). The molecule has 1 saturated carbocycles. The van der Waals surface area contributed by atoms with Gasteiger partial charge in [-0.05, 0) is 53.8 Å². The Morgan fingerprint density at radius 2 is 1.83 bits per heavy atom. The number of para-hydroxylation sites is 1. The van der Waals surface area contributed by atoms with Gasteiger partial charge in [0.2, 0.25) is 5.16 Å². The topological polar surface area (TPSA) is 102 Å². The predicted molar refractivity (Wildman–Crippen MR) is 131 cm³/mol. The van der Waals surface area contributed by atoms with Gasteiger partial charge in [-0.3, -0.25) is 4.90 Å². The van der Waals surface area contributed by atoms with Gasteiger partial charge in [-0.25, -0.2) is 9.59 Å². The summed E-state index contributed by atoms with van der Waals surface area (Å²) in [5.41, 5.74) is 4.91. The molecule has 1 aromatic heterocycles. The summed E-state index contributed by atoms with van der Waals surface area (Å²) in [4.78, 5) is 28.0. The van der Waals surface area contributed by atoms with Crippen LogP contribution in [0.5, 0.6) is 0 Å². The van der Waals surface area contributed by atoms with Crippen LogP contribution in [0.15, 0.2) is 65.0 Å². The average Bonchev–Trinajstić information content (AvgIpc) is 3.60. The molecule has 2 aromatic carbocycles. The number of tetrazole rings is 1. The second-order valence-electron chi connectivity index (χ2n) is 8.65. The first-order valence-corrected chi connectivity index (χ1v) is 12.4. The number of carbonyl (C=O) groups is 2. The van der Waals surface area contributed by atoms with Gasteiger partial charge < -0.3 is 10.1 Å². The van der Waals surface area contributed by atoms with Gasteiger partial charge in [-0.2, -0.15) is 4.68 Å². The zero-order chi connectivity index (χ0) is 24.5. The normalized spacial score (nSPS) is 18.0. The van der Waals surface area contributed by atoms with Crippen molar-refractivity contribution in [3.05, 3.63) is 76.5 Å². The van der Waals surface area contributed by atoms with Crippen molar-refractivity contribution in [1.29, 1.82) is 0 Å². The molecule has 3 aromatic rings. The summed E-state index contributed by atoms with van der Waals surface area (Å²) in [6, 6.07) is 14.7. The van der Waals surface area contributed by atoms with Gasteiger partial charge in [0.25, 0.3) is 0 Å². The van der Waals surface area contributed by atoms with Crippen LogP contribution in [0.4, 0.5) is 4.79 Å². The maximum atomic E-state index is 13.2. The molecule has 1 aliphatic heterocycles. The van der Waals surface area contributed by atoms with E-state index in [1.54, 1.807) is 9.58 Å². The largest absolute Gasteiger partial charge is 0.466 e. The molecular formula is C25H26N6O3S. The smallest absolute Gasteiger partial charge is 0.338 e. The molecule has 1 N–H and O–H groups in total. The van der Waals surface area contributed by atoms with Gasteiger partial charge in [-0.1, -0.05) is 60.3 Å². The molecule has 1 aliphatic carbocycles. The Bertz CT molecular complexity index is 1280. The van der Waals surface area contributed by atoms with E-state index in [4.69, 9.17) is 4.74 Å². The lowest BCUT2D eigenvalue weighted by Crippen LogP contribution is -2.50. The Kier molecular flexibility index (Phi) is 6.29. The molecule has 0 saturated heterocycles. The second-order valence-corrected chi connectivity index (χ2v) is 9.59. The van der Waals surface area contributed by atoms with Crippen molar-refractivity contribution in [2.24, 2.45) is 0 Å². The Balaban J connectivity index is 1.56. The van der Waals surface area contributed by atoms with Crippen LogP contribution >= 0.6 is 11.8 Å². The molecule has 0 bridgehead atoms. The number of aromatic nitrogens is 4. The molecule has 35 heavy (non-hydrogen) atoms. The van der Waals surface area contributed by atoms with Crippen molar-refractivity contribution in [3.63, 3.8) is 0 Å². The summed E-state index contributed by atoms with van der Waals surface area (Å²) in [5.74, 6) is -0.127. The number of carbonyl (C=O) groups excluding carboxylic acids is 2. The minimum absolute atomic E-state index is 0.0663. The SMILES string of the molecule is COC(=O)C1=C(CSc2nnnn2-c2c(C)cccc2C)N(C2CC2)C(=O)NC1c1ccccc1. The van der Waals surface area contributed by atoms with Crippen LogP contribution in [-0.2, 0) is 9.53 Å². The molecule has 2 heterocycles. The lowest BCUT2D eigenvalue weighted by molar-refractivity contribution is -0.136. The number of thioether (sulfide) groups is 1. The summed E-state index contributed by atoms with van der Waals surface area (Å²) < 4.78 is 6.90. The molecule has 10 heteroatoms. The molecule has 0 spiro atoms. The maximum absolute atomic E-state index is 13.2. The fourth-order valence-corrected chi connectivity index (χ4v) is 5.38. The summed E-state index contributed by atoms with van der Waals surface area (Å²) >= 11 is 1.39. The Labute approximate surface area is 207 Å². The van der Waals surface area contributed by atoms with Crippen LogP contribution in [0, 0.1) is 13.8 Å². The first kappa shape index (κ1) is 23.1. The van der Waals surface area contributed by atoms with E-state index < -0.39 is 12.0 Å². The van der Waals surface area contributed by atoms with E-state index in [1.165, 1.54) is 18.9 Å². The number of esters is 1. The van der Waals surface area contributed by atoms with Gasteiger partial charge in [0.15, 0.2) is 0 Å². The fourth-order valence-electron chi connectivity index (χ4n) is 4.47.